The molecule has 0 fully saturated rings. The lowest BCUT2D eigenvalue weighted by Crippen LogP contribution is -2.33. The van der Waals surface area contributed by atoms with E-state index in [0.717, 1.165) is 24.2 Å². The van der Waals surface area contributed by atoms with Crippen LogP contribution in [-0.4, -0.2) is 43.7 Å². The van der Waals surface area contributed by atoms with Gasteiger partial charge in [-0.1, -0.05) is 12.1 Å². The summed E-state index contributed by atoms with van der Waals surface area (Å²) in [5, 5.41) is 3.84. The number of pyridine rings is 1. The van der Waals surface area contributed by atoms with E-state index in [4.69, 9.17) is 9.57 Å². The molecule has 1 aliphatic rings. The molecule has 8 nitrogen and oxygen atoms in total. The van der Waals surface area contributed by atoms with Crippen molar-refractivity contribution in [1.82, 2.24) is 9.29 Å². The highest BCUT2D eigenvalue weighted by molar-refractivity contribution is 7.91. The summed E-state index contributed by atoms with van der Waals surface area (Å²) in [4.78, 5) is 8.88. The van der Waals surface area contributed by atoms with E-state index in [1.807, 2.05) is 31.2 Å². The van der Waals surface area contributed by atoms with Crippen molar-refractivity contribution < 1.29 is 18.0 Å². The molecule has 1 aromatic heterocycles. The lowest BCUT2D eigenvalue weighted by molar-refractivity contribution is 0.160. The van der Waals surface area contributed by atoms with Crippen LogP contribution in [0.3, 0.4) is 0 Å². The number of hydrogen-bond donors (Lipinski definition) is 0. The van der Waals surface area contributed by atoms with Crippen molar-refractivity contribution in [2.24, 2.45) is 11.1 Å². The normalized spacial score (nSPS) is 16.1. The summed E-state index contributed by atoms with van der Waals surface area (Å²) in [6, 6.07) is 11.0. The number of nitrogens with zero attached hydrogens (tertiary/aromatic N) is 4. The summed E-state index contributed by atoms with van der Waals surface area (Å²) in [6.45, 7) is 5.52. The van der Waals surface area contributed by atoms with Gasteiger partial charge in [0.15, 0.2) is 0 Å². The predicted molar refractivity (Wildman–Crippen MR) is 121 cm³/mol. The minimum atomic E-state index is -3.58. The van der Waals surface area contributed by atoms with Crippen LogP contribution in [0.4, 0.5) is 5.69 Å². The zero-order valence-corrected chi connectivity index (χ0v) is 18.6. The average Bonchev–Trinajstić information content (AvgIpc) is 3.08. The van der Waals surface area contributed by atoms with Gasteiger partial charge in [0, 0.05) is 31.3 Å². The van der Waals surface area contributed by atoms with Crippen LogP contribution in [-0.2, 0) is 15.0 Å². The number of anilines is 1. The molecule has 1 aromatic carbocycles. The molecule has 0 aliphatic carbocycles. The molecular formula is C22H28N4O4S. The molecule has 0 bridgehead atoms. The molecule has 166 valence electrons. The fourth-order valence-corrected chi connectivity index (χ4v) is 4.36. The van der Waals surface area contributed by atoms with E-state index in [-0.39, 0.29) is 0 Å². The van der Waals surface area contributed by atoms with Gasteiger partial charge in [-0.25, -0.2) is 4.31 Å². The molecule has 0 amide bonds. The lowest BCUT2D eigenvalue weighted by atomic mass is 10.0. The number of rotatable bonds is 11. The van der Waals surface area contributed by atoms with Crippen molar-refractivity contribution in [3.63, 3.8) is 0 Å². The first-order chi connectivity index (χ1) is 15.0. The van der Waals surface area contributed by atoms with Gasteiger partial charge in [-0.3, -0.25) is 9.29 Å². The Morgan fingerprint density at radius 3 is 2.55 bits per heavy atom. The summed E-state index contributed by atoms with van der Waals surface area (Å²) in [5.74, 6) is 1.11. The molecule has 1 atom stereocenters. The molecule has 0 radical (unpaired) electrons. The molecule has 9 heteroatoms. The van der Waals surface area contributed by atoms with E-state index < -0.39 is 10.2 Å². The third-order valence-electron chi connectivity index (χ3n) is 4.84. The van der Waals surface area contributed by atoms with Crippen molar-refractivity contribution in [3.05, 3.63) is 66.8 Å². The first kappa shape index (κ1) is 22.6. The van der Waals surface area contributed by atoms with E-state index in [0.29, 0.717) is 31.4 Å². The predicted octanol–water partition coefficient (Wildman–Crippen LogP) is 3.79. The fraction of sp³-hybridized carbons (Fsp3) is 0.364. The van der Waals surface area contributed by atoms with E-state index in [1.54, 1.807) is 43.1 Å². The molecular weight excluding hydrogens is 416 g/mol. The average molecular weight is 445 g/mol. The third kappa shape index (κ3) is 6.21. The molecule has 31 heavy (non-hydrogen) atoms. The van der Waals surface area contributed by atoms with E-state index >= 15 is 0 Å². The molecule has 0 saturated carbocycles. The van der Waals surface area contributed by atoms with Crippen LogP contribution in [0, 0.1) is 5.92 Å². The van der Waals surface area contributed by atoms with Crippen molar-refractivity contribution in [3.8, 4) is 5.75 Å². The van der Waals surface area contributed by atoms with Crippen LogP contribution in [0.1, 0.15) is 32.3 Å². The number of aromatic nitrogens is 1. The number of ether oxygens (including phenoxy) is 1. The molecule has 1 aliphatic heterocycles. The molecule has 2 aromatic rings. The lowest BCUT2D eigenvalue weighted by Gasteiger charge is -2.22. The summed E-state index contributed by atoms with van der Waals surface area (Å²) in [6.07, 6.45) is 9.56. The Balaban J connectivity index is 1.41. The van der Waals surface area contributed by atoms with E-state index in [2.05, 4.69) is 17.1 Å². The topological polar surface area (TPSA) is 84.3 Å². The van der Waals surface area contributed by atoms with Gasteiger partial charge in [0.1, 0.15) is 12.4 Å². The Morgan fingerprint density at radius 2 is 1.84 bits per heavy atom. The Hall–Kier alpha value is -3.07. The van der Waals surface area contributed by atoms with E-state index in [9.17, 15) is 8.42 Å². The minimum Gasteiger partial charge on any atom is -0.494 e. The van der Waals surface area contributed by atoms with Gasteiger partial charge >= 0.3 is 10.2 Å². The van der Waals surface area contributed by atoms with Gasteiger partial charge in [0.05, 0.1) is 18.5 Å². The van der Waals surface area contributed by atoms with Crippen LogP contribution in [0.15, 0.2) is 66.3 Å². The summed E-state index contributed by atoms with van der Waals surface area (Å²) in [5.41, 5.74) is 1.51. The highest BCUT2D eigenvalue weighted by Crippen LogP contribution is 2.26. The Morgan fingerprint density at radius 1 is 1.10 bits per heavy atom. The Kier molecular flexibility index (Phi) is 7.88. The molecule has 1 unspecified atom stereocenters. The molecule has 0 N–H and O–H groups in total. The van der Waals surface area contributed by atoms with Gasteiger partial charge in [-0.2, -0.15) is 8.42 Å². The first-order valence-corrected chi connectivity index (χ1v) is 11.7. The van der Waals surface area contributed by atoms with Crippen molar-refractivity contribution in [1.29, 1.82) is 0 Å². The summed E-state index contributed by atoms with van der Waals surface area (Å²) in [7, 11) is -3.58. The van der Waals surface area contributed by atoms with Crippen LogP contribution in [0.2, 0.25) is 0 Å². The van der Waals surface area contributed by atoms with Crippen LogP contribution in [0.5, 0.6) is 5.75 Å². The summed E-state index contributed by atoms with van der Waals surface area (Å²) < 4.78 is 33.9. The largest absolute Gasteiger partial charge is 0.494 e. The maximum Gasteiger partial charge on any atom is 0.329 e. The zero-order valence-electron chi connectivity index (χ0n) is 17.8. The standard InChI is InChI=1S/C22H28N4O4S/c1-3-30-24-18-20-4-6-22(7-5-20)29-17-11-19(2)10-14-25-15-16-26(31(25,27)28)21-8-12-23-13-9-21/h4-9,12-13,15-16,18-19H,3,10-11,14,17H2,1-2H3/b24-18+. The van der Waals surface area contributed by atoms with Gasteiger partial charge < -0.3 is 9.57 Å². The minimum absolute atomic E-state index is 0.316. The second-order valence-corrected chi connectivity index (χ2v) is 8.93. The Labute approximate surface area is 184 Å². The molecule has 0 saturated heterocycles. The SMILES string of the molecule is CCO/N=C/c1ccc(OCCC(C)CCN2C=CN(c3ccncc3)S2(=O)=O)cc1. The van der Waals surface area contributed by atoms with Crippen LogP contribution >= 0.6 is 0 Å². The number of hydrogen-bond acceptors (Lipinski definition) is 6. The van der Waals surface area contributed by atoms with Crippen molar-refractivity contribution in [2.75, 3.05) is 24.1 Å². The second kappa shape index (κ2) is 10.8. The Bertz CT molecular complexity index is 978. The van der Waals surface area contributed by atoms with Gasteiger partial charge in [-0.15, -0.1) is 0 Å². The van der Waals surface area contributed by atoms with Crippen LogP contribution in [0.25, 0.3) is 0 Å². The monoisotopic (exact) mass is 444 g/mol. The molecule has 3 rings (SSSR count). The van der Waals surface area contributed by atoms with Crippen LogP contribution < -0.4 is 9.04 Å². The maximum absolute atomic E-state index is 12.7. The zero-order chi connectivity index (χ0) is 22.1. The van der Waals surface area contributed by atoms with Gasteiger partial charge in [-0.05, 0) is 67.6 Å². The first-order valence-electron chi connectivity index (χ1n) is 10.3. The van der Waals surface area contributed by atoms with E-state index in [1.165, 1.54) is 8.61 Å². The van der Waals surface area contributed by atoms with Crippen molar-refractivity contribution >= 4 is 22.1 Å². The number of benzene rings is 1. The quantitative estimate of drug-likeness (QED) is 0.389. The molecule has 0 spiro atoms. The number of oxime groups is 1. The van der Waals surface area contributed by atoms with Gasteiger partial charge in [0.25, 0.3) is 0 Å². The molecule has 2 heterocycles. The second-order valence-electron chi connectivity index (χ2n) is 7.17. The maximum atomic E-state index is 12.7. The fourth-order valence-electron chi connectivity index (χ4n) is 2.99. The third-order valence-corrected chi connectivity index (χ3v) is 6.56. The highest BCUT2D eigenvalue weighted by atomic mass is 32.2. The summed E-state index contributed by atoms with van der Waals surface area (Å²) >= 11 is 0. The van der Waals surface area contributed by atoms with Crippen molar-refractivity contribution in [2.45, 2.75) is 26.7 Å². The smallest absolute Gasteiger partial charge is 0.329 e. The highest BCUT2D eigenvalue weighted by Gasteiger charge is 2.31. The van der Waals surface area contributed by atoms with Gasteiger partial charge in [0.2, 0.25) is 0 Å².